The lowest BCUT2D eigenvalue weighted by Gasteiger charge is -2.29. The first-order valence-corrected chi connectivity index (χ1v) is 7.36. The molecule has 2 aromatic rings. The van der Waals surface area contributed by atoms with Crippen molar-refractivity contribution >= 4 is 17.7 Å². The van der Waals surface area contributed by atoms with Crippen LogP contribution in [0.5, 0.6) is 0 Å². The van der Waals surface area contributed by atoms with E-state index in [1.165, 1.54) is 5.56 Å². The molecule has 1 amide bonds. The van der Waals surface area contributed by atoms with Crippen LogP contribution >= 0.6 is 0 Å². The number of amides is 1. The highest BCUT2D eigenvalue weighted by molar-refractivity contribution is 6.11. The van der Waals surface area contributed by atoms with Crippen LogP contribution in [0.4, 0.5) is 5.69 Å². The van der Waals surface area contributed by atoms with Gasteiger partial charge in [-0.15, -0.1) is 0 Å². The molecule has 0 N–H and O–H groups in total. The third-order valence-electron chi connectivity index (χ3n) is 3.82. The van der Waals surface area contributed by atoms with Gasteiger partial charge in [0.2, 0.25) is 0 Å². The quantitative estimate of drug-likeness (QED) is 0.626. The molecule has 108 valence electrons. The lowest BCUT2D eigenvalue weighted by Crippen LogP contribution is -2.36. The molecule has 0 fully saturated rings. The molecule has 0 saturated heterocycles. The van der Waals surface area contributed by atoms with E-state index >= 15 is 0 Å². The number of aryl methyl sites for hydroxylation is 1. The van der Waals surface area contributed by atoms with Gasteiger partial charge in [0.15, 0.2) is 0 Å². The Hall–Kier alpha value is -2.86. The number of nitrogens with zero attached hydrogens (tertiary/aromatic N) is 2. The highest BCUT2D eigenvalue weighted by Crippen LogP contribution is 2.28. The Morgan fingerprint density at radius 2 is 1.82 bits per heavy atom. The summed E-state index contributed by atoms with van der Waals surface area (Å²) >= 11 is 0. The van der Waals surface area contributed by atoms with Crippen LogP contribution in [-0.4, -0.2) is 12.5 Å². The van der Waals surface area contributed by atoms with Crippen LogP contribution in [-0.2, 0) is 11.2 Å². The van der Waals surface area contributed by atoms with Crippen molar-refractivity contribution in [1.82, 2.24) is 0 Å². The Bertz CT molecular complexity index is 757. The van der Waals surface area contributed by atoms with Crippen LogP contribution in [0.1, 0.15) is 17.5 Å². The molecule has 22 heavy (non-hydrogen) atoms. The van der Waals surface area contributed by atoms with Crippen molar-refractivity contribution in [2.45, 2.75) is 12.8 Å². The third kappa shape index (κ3) is 2.77. The molecule has 0 unspecified atom stereocenters. The van der Waals surface area contributed by atoms with Crippen molar-refractivity contribution in [3.63, 3.8) is 0 Å². The monoisotopic (exact) mass is 288 g/mol. The predicted octanol–water partition coefficient (Wildman–Crippen LogP) is 3.57. The maximum absolute atomic E-state index is 12.7. The summed E-state index contributed by atoms with van der Waals surface area (Å²) in [5.41, 5.74) is 3.12. The van der Waals surface area contributed by atoms with Crippen molar-refractivity contribution in [3.8, 4) is 6.07 Å². The summed E-state index contributed by atoms with van der Waals surface area (Å²) in [5, 5.41) is 9.37. The molecular formula is C19H16N2O. The minimum Gasteiger partial charge on any atom is -0.307 e. The fourth-order valence-electron chi connectivity index (χ4n) is 2.75. The van der Waals surface area contributed by atoms with Gasteiger partial charge >= 0.3 is 0 Å². The van der Waals surface area contributed by atoms with Gasteiger partial charge in [-0.1, -0.05) is 48.5 Å². The lowest BCUT2D eigenvalue weighted by molar-refractivity contribution is -0.114. The zero-order chi connectivity index (χ0) is 15.4. The van der Waals surface area contributed by atoms with E-state index in [0.717, 1.165) is 24.1 Å². The summed E-state index contributed by atoms with van der Waals surface area (Å²) in [6.07, 6.45) is 3.55. The number of fused-ring (bicyclic) bond motifs is 1. The number of nitriles is 1. The van der Waals surface area contributed by atoms with E-state index in [0.29, 0.717) is 6.54 Å². The highest BCUT2D eigenvalue weighted by Gasteiger charge is 2.24. The van der Waals surface area contributed by atoms with Gasteiger partial charge in [-0.25, -0.2) is 0 Å². The Balaban J connectivity index is 1.94. The van der Waals surface area contributed by atoms with Crippen LogP contribution in [0.15, 0.2) is 60.2 Å². The number of benzene rings is 2. The van der Waals surface area contributed by atoms with Crippen LogP contribution in [0.3, 0.4) is 0 Å². The maximum atomic E-state index is 12.7. The second-order valence-corrected chi connectivity index (χ2v) is 5.27. The first-order chi connectivity index (χ1) is 10.8. The molecule has 0 saturated carbocycles. The van der Waals surface area contributed by atoms with Gasteiger partial charge in [0.1, 0.15) is 11.6 Å². The standard InChI is InChI=1S/C19H16N2O/c20-14-17(13-15-7-2-1-3-8-15)19(22)21-12-6-10-16-9-4-5-11-18(16)21/h1-5,7-9,11,13H,6,10,12H2. The molecule has 3 nitrogen and oxygen atoms in total. The smallest absolute Gasteiger partial charge is 0.268 e. The molecule has 3 rings (SSSR count). The molecule has 2 aromatic carbocycles. The van der Waals surface area contributed by atoms with Crippen LogP contribution in [0, 0.1) is 11.3 Å². The summed E-state index contributed by atoms with van der Waals surface area (Å²) in [4.78, 5) is 14.5. The highest BCUT2D eigenvalue weighted by atomic mass is 16.2. The fourth-order valence-corrected chi connectivity index (χ4v) is 2.75. The number of carbonyl (C=O) groups excluding carboxylic acids is 1. The molecule has 0 spiro atoms. The third-order valence-corrected chi connectivity index (χ3v) is 3.82. The minimum atomic E-state index is -0.224. The van der Waals surface area contributed by atoms with Gasteiger partial charge in [-0.3, -0.25) is 4.79 Å². The normalized spacial score (nSPS) is 14.1. The minimum absolute atomic E-state index is 0.169. The first-order valence-electron chi connectivity index (χ1n) is 7.36. The molecule has 0 atom stereocenters. The van der Waals surface area contributed by atoms with Gasteiger partial charge < -0.3 is 4.90 Å². The number of hydrogen-bond donors (Lipinski definition) is 0. The van der Waals surface area contributed by atoms with E-state index in [4.69, 9.17) is 0 Å². The van der Waals surface area contributed by atoms with Crippen molar-refractivity contribution < 1.29 is 4.79 Å². The molecule has 0 bridgehead atoms. The van der Waals surface area contributed by atoms with Gasteiger partial charge in [0.25, 0.3) is 5.91 Å². The summed E-state index contributed by atoms with van der Waals surface area (Å²) < 4.78 is 0. The van der Waals surface area contributed by atoms with E-state index in [-0.39, 0.29) is 11.5 Å². The van der Waals surface area contributed by atoms with E-state index in [9.17, 15) is 10.1 Å². The Morgan fingerprint density at radius 1 is 1.09 bits per heavy atom. The van der Waals surface area contributed by atoms with Crippen molar-refractivity contribution in [2.75, 3.05) is 11.4 Å². The predicted molar refractivity (Wildman–Crippen MR) is 87.1 cm³/mol. The number of carbonyl (C=O) groups is 1. The topological polar surface area (TPSA) is 44.1 Å². The van der Waals surface area contributed by atoms with Gasteiger partial charge in [-0.05, 0) is 36.1 Å². The van der Waals surface area contributed by atoms with Crippen molar-refractivity contribution in [1.29, 1.82) is 5.26 Å². The van der Waals surface area contributed by atoms with Crippen LogP contribution in [0.2, 0.25) is 0 Å². The summed E-state index contributed by atoms with van der Waals surface area (Å²) in [7, 11) is 0. The largest absolute Gasteiger partial charge is 0.307 e. The molecule has 3 heteroatoms. The van der Waals surface area contributed by atoms with E-state index in [1.54, 1.807) is 11.0 Å². The van der Waals surface area contributed by atoms with Gasteiger partial charge in [-0.2, -0.15) is 5.26 Å². The summed E-state index contributed by atoms with van der Waals surface area (Å²) in [6, 6.07) is 19.4. The zero-order valence-corrected chi connectivity index (χ0v) is 12.2. The van der Waals surface area contributed by atoms with E-state index in [1.807, 2.05) is 60.7 Å². The molecule has 0 aliphatic carbocycles. The van der Waals surface area contributed by atoms with Crippen molar-refractivity contribution in [2.24, 2.45) is 0 Å². The Morgan fingerprint density at radius 3 is 2.59 bits per heavy atom. The molecule has 1 aliphatic rings. The summed E-state index contributed by atoms with van der Waals surface area (Å²) in [5.74, 6) is -0.224. The number of anilines is 1. The number of hydrogen-bond acceptors (Lipinski definition) is 2. The van der Waals surface area contributed by atoms with Crippen molar-refractivity contribution in [3.05, 3.63) is 71.3 Å². The average Bonchev–Trinajstić information content (AvgIpc) is 2.59. The second kappa shape index (κ2) is 6.28. The van der Waals surface area contributed by atoms with Crippen LogP contribution < -0.4 is 4.90 Å². The Kier molecular flexibility index (Phi) is 4.02. The van der Waals surface area contributed by atoms with E-state index < -0.39 is 0 Å². The molecule has 0 aromatic heterocycles. The second-order valence-electron chi connectivity index (χ2n) is 5.27. The van der Waals surface area contributed by atoms with Crippen LogP contribution in [0.25, 0.3) is 6.08 Å². The zero-order valence-electron chi connectivity index (χ0n) is 12.2. The maximum Gasteiger partial charge on any atom is 0.268 e. The number of rotatable bonds is 2. The molecule has 1 heterocycles. The first kappa shape index (κ1) is 14.1. The van der Waals surface area contributed by atoms with E-state index in [2.05, 4.69) is 0 Å². The SMILES string of the molecule is N#CC(=Cc1ccccc1)C(=O)N1CCCc2ccccc21. The molecule has 1 aliphatic heterocycles. The summed E-state index contributed by atoms with van der Waals surface area (Å²) in [6.45, 7) is 0.656. The molecular weight excluding hydrogens is 272 g/mol. The van der Waals surface area contributed by atoms with Gasteiger partial charge in [0.05, 0.1) is 0 Å². The fraction of sp³-hybridized carbons (Fsp3) is 0.158. The Labute approximate surface area is 130 Å². The lowest BCUT2D eigenvalue weighted by atomic mass is 10.0. The molecule has 0 radical (unpaired) electrons. The average molecular weight is 288 g/mol. The number of para-hydroxylation sites is 1. The van der Waals surface area contributed by atoms with Gasteiger partial charge in [0, 0.05) is 12.2 Å².